The molecule has 2 aromatic carbocycles. The molecule has 3 heterocycles. The first kappa shape index (κ1) is 18.1. The van der Waals surface area contributed by atoms with E-state index in [2.05, 4.69) is 57.4 Å². The fourth-order valence-electron chi connectivity index (χ4n) is 4.02. The van der Waals surface area contributed by atoms with Crippen molar-refractivity contribution in [3.63, 3.8) is 0 Å². The molecule has 0 bridgehead atoms. The SMILES string of the molecule is CC1Oc2cc(B3OC(C)(C)C(C)(C)O3)ccc2-c2cc3cc(Cl)ccc3n21. The van der Waals surface area contributed by atoms with Crippen LogP contribution >= 0.6 is 11.6 Å². The summed E-state index contributed by atoms with van der Waals surface area (Å²) in [6.45, 7) is 10.3. The summed E-state index contributed by atoms with van der Waals surface area (Å²) in [5, 5.41) is 1.85. The van der Waals surface area contributed by atoms with Crippen molar-refractivity contribution in [1.82, 2.24) is 4.57 Å². The molecular formula is C22H23BClNO3. The van der Waals surface area contributed by atoms with E-state index in [1.165, 1.54) is 0 Å². The molecule has 4 nitrogen and oxygen atoms in total. The van der Waals surface area contributed by atoms with Crippen LogP contribution in [-0.2, 0) is 9.31 Å². The smallest absolute Gasteiger partial charge is 0.470 e. The zero-order valence-electron chi connectivity index (χ0n) is 16.7. The Labute approximate surface area is 170 Å². The highest BCUT2D eigenvalue weighted by Crippen LogP contribution is 2.43. The molecule has 0 amide bonds. The van der Waals surface area contributed by atoms with Gasteiger partial charge in [-0.15, -0.1) is 0 Å². The zero-order chi connectivity index (χ0) is 19.8. The van der Waals surface area contributed by atoms with Crippen LogP contribution in [0.3, 0.4) is 0 Å². The molecule has 0 N–H and O–H groups in total. The molecule has 0 saturated carbocycles. The van der Waals surface area contributed by atoms with Gasteiger partial charge < -0.3 is 18.6 Å². The lowest BCUT2D eigenvalue weighted by atomic mass is 9.78. The molecule has 2 aliphatic rings. The van der Waals surface area contributed by atoms with E-state index in [1.54, 1.807) is 0 Å². The molecule has 144 valence electrons. The molecule has 1 atom stereocenters. The molecule has 0 radical (unpaired) electrons. The lowest BCUT2D eigenvalue weighted by Gasteiger charge is -2.32. The van der Waals surface area contributed by atoms with E-state index in [1.807, 2.05) is 24.3 Å². The van der Waals surface area contributed by atoms with Crippen LogP contribution in [0.5, 0.6) is 5.75 Å². The fraction of sp³-hybridized carbons (Fsp3) is 0.364. The molecule has 1 unspecified atom stereocenters. The summed E-state index contributed by atoms with van der Waals surface area (Å²) in [5.74, 6) is 0.848. The van der Waals surface area contributed by atoms with Gasteiger partial charge in [-0.3, -0.25) is 0 Å². The van der Waals surface area contributed by atoms with Crippen LogP contribution in [-0.4, -0.2) is 22.9 Å². The standard InChI is InChI=1S/C22H23BClNO3/c1-13-25-18-9-7-16(24)10-14(18)11-19(25)17-8-6-15(12-20(17)26-13)23-27-21(2,3)22(4,5)28-23/h6-13H,1-5H3. The minimum atomic E-state index is -0.402. The molecule has 0 spiro atoms. The summed E-state index contributed by atoms with van der Waals surface area (Å²) in [7, 11) is -0.402. The van der Waals surface area contributed by atoms with Crippen molar-refractivity contribution in [2.24, 2.45) is 0 Å². The van der Waals surface area contributed by atoms with Gasteiger partial charge in [0.1, 0.15) is 5.75 Å². The Balaban J connectivity index is 1.59. The topological polar surface area (TPSA) is 32.6 Å². The van der Waals surface area contributed by atoms with E-state index in [-0.39, 0.29) is 17.4 Å². The second kappa shape index (κ2) is 5.79. The third kappa shape index (κ3) is 2.53. The van der Waals surface area contributed by atoms with E-state index in [4.69, 9.17) is 25.6 Å². The van der Waals surface area contributed by atoms with Crippen LogP contribution in [0.25, 0.3) is 22.2 Å². The van der Waals surface area contributed by atoms with Gasteiger partial charge in [0, 0.05) is 16.0 Å². The first-order valence-electron chi connectivity index (χ1n) is 9.63. The predicted octanol–water partition coefficient (Wildman–Crippen LogP) is 5.17. The number of hydrogen-bond acceptors (Lipinski definition) is 3. The number of hydrogen-bond donors (Lipinski definition) is 0. The number of nitrogens with zero attached hydrogens (tertiary/aromatic N) is 1. The number of fused-ring (bicyclic) bond motifs is 5. The molecule has 0 aliphatic carbocycles. The van der Waals surface area contributed by atoms with Gasteiger partial charge >= 0.3 is 7.12 Å². The second-order valence-electron chi connectivity index (χ2n) is 8.66. The Morgan fingerprint density at radius 2 is 1.68 bits per heavy atom. The highest BCUT2D eigenvalue weighted by molar-refractivity contribution is 6.62. The molecule has 3 aromatic rings. The average Bonchev–Trinajstić information content (AvgIpc) is 3.09. The van der Waals surface area contributed by atoms with E-state index < -0.39 is 7.12 Å². The Morgan fingerprint density at radius 3 is 2.39 bits per heavy atom. The van der Waals surface area contributed by atoms with Crippen LogP contribution < -0.4 is 10.2 Å². The summed E-state index contributed by atoms with van der Waals surface area (Å²) < 4.78 is 20.9. The van der Waals surface area contributed by atoms with Crippen LogP contribution in [0.4, 0.5) is 0 Å². The highest BCUT2D eigenvalue weighted by Gasteiger charge is 2.51. The van der Waals surface area contributed by atoms with Crippen molar-refractivity contribution >= 4 is 35.1 Å². The van der Waals surface area contributed by atoms with E-state index in [0.29, 0.717) is 0 Å². The van der Waals surface area contributed by atoms with Gasteiger partial charge in [0.2, 0.25) is 0 Å². The molecule has 1 saturated heterocycles. The maximum atomic E-state index is 6.28. The largest absolute Gasteiger partial charge is 0.494 e. The molecule has 5 rings (SSSR count). The summed E-state index contributed by atoms with van der Waals surface area (Å²) in [5.41, 5.74) is 3.54. The molecular weight excluding hydrogens is 373 g/mol. The van der Waals surface area contributed by atoms with Crippen molar-refractivity contribution in [1.29, 1.82) is 0 Å². The number of ether oxygens (including phenoxy) is 1. The quantitative estimate of drug-likeness (QED) is 0.533. The number of rotatable bonds is 1. The normalized spacial score (nSPS) is 22.1. The van der Waals surface area contributed by atoms with Crippen molar-refractivity contribution in [2.45, 2.75) is 52.0 Å². The Morgan fingerprint density at radius 1 is 0.964 bits per heavy atom. The van der Waals surface area contributed by atoms with Crippen molar-refractivity contribution in [2.75, 3.05) is 0 Å². The average molecular weight is 396 g/mol. The van der Waals surface area contributed by atoms with Crippen molar-refractivity contribution < 1.29 is 14.0 Å². The molecule has 28 heavy (non-hydrogen) atoms. The van der Waals surface area contributed by atoms with Crippen molar-refractivity contribution in [3.8, 4) is 17.0 Å². The van der Waals surface area contributed by atoms with Crippen LogP contribution in [0, 0.1) is 0 Å². The first-order valence-corrected chi connectivity index (χ1v) is 10.0. The lowest BCUT2D eigenvalue weighted by Crippen LogP contribution is -2.41. The highest BCUT2D eigenvalue weighted by atomic mass is 35.5. The van der Waals surface area contributed by atoms with Gasteiger partial charge in [0.25, 0.3) is 0 Å². The zero-order valence-corrected chi connectivity index (χ0v) is 17.5. The van der Waals surface area contributed by atoms with E-state index in [0.717, 1.165) is 38.4 Å². The van der Waals surface area contributed by atoms with E-state index >= 15 is 0 Å². The van der Waals surface area contributed by atoms with Gasteiger partial charge in [-0.2, -0.15) is 0 Å². The Kier molecular flexibility index (Phi) is 3.74. The molecule has 1 fully saturated rings. The monoisotopic (exact) mass is 395 g/mol. The summed E-state index contributed by atoms with van der Waals surface area (Å²) in [4.78, 5) is 0. The van der Waals surface area contributed by atoms with Gasteiger partial charge in [0.15, 0.2) is 6.23 Å². The van der Waals surface area contributed by atoms with E-state index in [9.17, 15) is 0 Å². The summed E-state index contributed by atoms with van der Waals surface area (Å²) in [6, 6.07) is 14.3. The van der Waals surface area contributed by atoms with Gasteiger partial charge in [-0.05, 0) is 76.5 Å². The molecule has 6 heteroatoms. The molecule has 2 aliphatic heterocycles. The third-order valence-electron chi connectivity index (χ3n) is 6.27. The van der Waals surface area contributed by atoms with Crippen LogP contribution in [0.2, 0.25) is 5.02 Å². The number of aromatic nitrogens is 1. The molecule has 1 aromatic heterocycles. The summed E-state index contributed by atoms with van der Waals surface area (Å²) in [6.07, 6.45) is -0.116. The fourth-order valence-corrected chi connectivity index (χ4v) is 4.20. The Hall–Kier alpha value is -1.95. The minimum absolute atomic E-state index is 0.116. The number of benzene rings is 2. The Bertz CT molecular complexity index is 1090. The lowest BCUT2D eigenvalue weighted by molar-refractivity contribution is 0.00578. The second-order valence-corrected chi connectivity index (χ2v) is 9.10. The predicted molar refractivity (Wildman–Crippen MR) is 113 cm³/mol. The first-order chi connectivity index (χ1) is 13.2. The van der Waals surface area contributed by atoms with Gasteiger partial charge in [-0.25, -0.2) is 0 Å². The van der Waals surface area contributed by atoms with Crippen LogP contribution in [0.1, 0.15) is 40.8 Å². The van der Waals surface area contributed by atoms with Gasteiger partial charge in [-0.1, -0.05) is 17.7 Å². The third-order valence-corrected chi connectivity index (χ3v) is 6.50. The minimum Gasteiger partial charge on any atom is -0.470 e. The summed E-state index contributed by atoms with van der Waals surface area (Å²) >= 11 is 6.19. The number of halogens is 1. The van der Waals surface area contributed by atoms with Crippen LogP contribution in [0.15, 0.2) is 42.5 Å². The maximum absolute atomic E-state index is 6.28. The maximum Gasteiger partial charge on any atom is 0.494 e. The van der Waals surface area contributed by atoms with Gasteiger partial charge in [0.05, 0.1) is 22.4 Å². The van der Waals surface area contributed by atoms with Crippen molar-refractivity contribution in [3.05, 3.63) is 47.5 Å².